The first kappa shape index (κ1) is 47.0. The first-order valence-electron chi connectivity index (χ1n) is 14.0. The molecule has 0 saturated carbocycles. The molecule has 0 amide bonds. The Hall–Kier alpha value is -2.10. The third-order valence-electron chi connectivity index (χ3n) is 7.16. The molecule has 2 heterocycles. The maximum atomic E-state index is 12.3. The van der Waals surface area contributed by atoms with Gasteiger partial charge in [-0.3, -0.25) is 19.2 Å². The summed E-state index contributed by atoms with van der Waals surface area (Å²) in [5.41, 5.74) is 2.23. The number of benzene rings is 2. The number of Topliss-reactive ketones (excluding diaryl/α,β-unsaturated/α-hetero) is 2. The number of carbonyl (C=O) groups excluding carboxylic acids is 3. The topological polar surface area (TPSA) is 146 Å². The van der Waals surface area contributed by atoms with Crippen LogP contribution >= 0.6 is 49.7 Å². The standard InChI is InChI=1S/C17H20O4S.C16H18O4S.Na.H2O.2H2S/c1-5-11-8-15-12(7-14(11)20-3)9-16(22-15)13(18)6-10(2)17(19)21-4;1-4-10-7-14-11(6-13(10)20-3)8-15(21-14)12(17)5-9(2)16(18)19;;;;/h7-10H,5-6H2,1-4H3;6-9H,4-5H2,1-3H3,(H,18,19);;3*1H2/q;;+1;;;/p-1/t10-;9-;;;;/m00..../s1. The monoisotopic (exact) mass is 734 g/mol. The minimum Gasteiger partial charge on any atom is -0.870 e. The number of ether oxygens (including phenoxy) is 3. The molecule has 0 aliphatic heterocycles. The van der Waals surface area contributed by atoms with Crippen LogP contribution in [-0.4, -0.2) is 55.4 Å². The molecule has 2 aromatic carbocycles. The van der Waals surface area contributed by atoms with E-state index in [1.165, 1.54) is 29.8 Å². The Kier molecular flexibility index (Phi) is 21.8. The van der Waals surface area contributed by atoms with Gasteiger partial charge in [-0.05, 0) is 71.1 Å². The fourth-order valence-electron chi connectivity index (χ4n) is 4.55. The van der Waals surface area contributed by atoms with E-state index in [0.717, 1.165) is 55.6 Å². The van der Waals surface area contributed by atoms with E-state index in [1.54, 1.807) is 28.1 Å². The van der Waals surface area contributed by atoms with Crippen molar-refractivity contribution in [2.75, 3.05) is 21.3 Å². The van der Waals surface area contributed by atoms with Crippen LogP contribution in [0.5, 0.6) is 11.5 Å². The largest absolute Gasteiger partial charge is 1.00 e. The number of esters is 1. The first-order valence-corrected chi connectivity index (χ1v) is 15.7. The van der Waals surface area contributed by atoms with Gasteiger partial charge in [-0.1, -0.05) is 27.7 Å². The zero-order valence-electron chi connectivity index (χ0n) is 28.0. The van der Waals surface area contributed by atoms with Crippen LogP contribution in [0.15, 0.2) is 36.4 Å². The van der Waals surface area contributed by atoms with Gasteiger partial charge in [-0.25, -0.2) is 0 Å². The summed E-state index contributed by atoms with van der Waals surface area (Å²) in [7, 11) is 4.62. The summed E-state index contributed by atoms with van der Waals surface area (Å²) >= 11 is 2.87. The summed E-state index contributed by atoms with van der Waals surface area (Å²) in [6.45, 7) is 7.38. The van der Waals surface area contributed by atoms with Crippen molar-refractivity contribution in [1.29, 1.82) is 0 Å². The van der Waals surface area contributed by atoms with Crippen molar-refractivity contribution in [3.63, 3.8) is 0 Å². The summed E-state index contributed by atoms with van der Waals surface area (Å²) in [6.07, 6.45) is 1.92. The molecule has 4 aromatic rings. The van der Waals surface area contributed by atoms with Crippen LogP contribution in [-0.2, 0) is 27.2 Å². The van der Waals surface area contributed by atoms with Crippen molar-refractivity contribution in [2.24, 2.45) is 11.8 Å². The molecule has 2 N–H and O–H groups in total. The summed E-state index contributed by atoms with van der Waals surface area (Å²) in [4.78, 5) is 48.0. The number of carboxylic acids is 1. The molecule has 47 heavy (non-hydrogen) atoms. The number of carboxylic acid groups (broad SMARTS) is 1. The number of hydrogen-bond acceptors (Lipinski definition) is 10. The van der Waals surface area contributed by atoms with E-state index < -0.39 is 17.8 Å². The fraction of sp³-hybridized carbons (Fsp3) is 0.394. The molecule has 2 atom stereocenters. The summed E-state index contributed by atoms with van der Waals surface area (Å²) in [5.74, 6) is -0.884. The smallest absolute Gasteiger partial charge is 0.870 e. The number of rotatable bonds is 12. The van der Waals surface area contributed by atoms with Gasteiger partial charge in [-0.15, -0.1) is 22.7 Å². The van der Waals surface area contributed by atoms with Gasteiger partial charge in [-0.2, -0.15) is 27.0 Å². The van der Waals surface area contributed by atoms with E-state index in [4.69, 9.17) is 14.6 Å². The van der Waals surface area contributed by atoms with Gasteiger partial charge in [0, 0.05) is 22.2 Å². The molecule has 14 heteroatoms. The van der Waals surface area contributed by atoms with Crippen molar-refractivity contribution in [1.82, 2.24) is 0 Å². The second-order valence-corrected chi connectivity index (χ2v) is 12.4. The molecule has 0 unspecified atom stereocenters. The number of fused-ring (bicyclic) bond motifs is 2. The maximum absolute atomic E-state index is 12.3. The SMILES string of the molecule is CCc1cc2sc(C(=O)C[C@H](C)C(=O)O)cc2cc1OC.CCc1cc2sc(C(=O)C[C@H](C)C(=O)OC)cc2cc1OC.S.S.[Na+].[OH-]. The summed E-state index contributed by atoms with van der Waals surface area (Å²) in [5, 5.41) is 10.8. The van der Waals surface area contributed by atoms with Crippen molar-refractivity contribution < 1.29 is 73.5 Å². The van der Waals surface area contributed by atoms with E-state index >= 15 is 0 Å². The number of aryl methyl sites for hydroxylation is 2. The number of carbonyl (C=O) groups is 4. The maximum Gasteiger partial charge on any atom is 1.00 e. The Labute approximate surface area is 319 Å². The van der Waals surface area contributed by atoms with Crippen LogP contribution in [0.3, 0.4) is 0 Å². The first-order chi connectivity index (χ1) is 20.4. The summed E-state index contributed by atoms with van der Waals surface area (Å²) in [6, 6.07) is 11.7. The average molecular weight is 735 g/mol. The van der Waals surface area contributed by atoms with E-state index in [2.05, 4.69) is 24.7 Å². The Morgan fingerprint density at radius 3 is 1.40 bits per heavy atom. The minimum absolute atomic E-state index is 0. The van der Waals surface area contributed by atoms with Crippen LogP contribution < -0.4 is 39.0 Å². The quantitative estimate of drug-likeness (QED) is 0.125. The van der Waals surface area contributed by atoms with Crippen molar-refractivity contribution in [3.05, 3.63) is 57.3 Å². The second kappa shape index (κ2) is 21.8. The molecule has 0 saturated heterocycles. The molecule has 4 rings (SSSR count). The number of hydrogen-bond donors (Lipinski definition) is 1. The van der Waals surface area contributed by atoms with E-state index in [9.17, 15) is 19.2 Å². The average Bonchev–Trinajstić information content (AvgIpc) is 3.62. The number of ketones is 2. The minimum atomic E-state index is -0.945. The van der Waals surface area contributed by atoms with Gasteiger partial charge in [0.15, 0.2) is 11.6 Å². The summed E-state index contributed by atoms with van der Waals surface area (Å²) < 4.78 is 17.5. The van der Waals surface area contributed by atoms with Crippen LogP contribution in [0.2, 0.25) is 0 Å². The van der Waals surface area contributed by atoms with Crippen LogP contribution in [0.1, 0.15) is 71.0 Å². The van der Waals surface area contributed by atoms with E-state index in [-0.39, 0.29) is 92.4 Å². The Morgan fingerprint density at radius 1 is 0.702 bits per heavy atom. The van der Waals surface area contributed by atoms with Gasteiger partial charge >= 0.3 is 41.5 Å². The van der Waals surface area contributed by atoms with E-state index in [0.29, 0.717) is 9.75 Å². The zero-order valence-corrected chi connectivity index (χ0v) is 33.6. The van der Waals surface area contributed by atoms with Crippen molar-refractivity contribution in [3.8, 4) is 11.5 Å². The number of thiophene rings is 2. The van der Waals surface area contributed by atoms with Gasteiger partial charge in [0.1, 0.15) is 11.5 Å². The normalized spacial score (nSPS) is 11.2. The van der Waals surface area contributed by atoms with Crippen molar-refractivity contribution in [2.45, 2.75) is 53.4 Å². The molecule has 0 fully saturated rings. The molecule has 0 spiro atoms. The third-order valence-corrected chi connectivity index (χ3v) is 9.44. The number of aliphatic carboxylic acids is 1. The predicted molar refractivity (Wildman–Crippen MR) is 194 cm³/mol. The van der Waals surface area contributed by atoms with Gasteiger partial charge in [0.25, 0.3) is 0 Å². The van der Waals surface area contributed by atoms with Crippen LogP contribution in [0.25, 0.3) is 20.2 Å². The number of methoxy groups -OCH3 is 3. The van der Waals surface area contributed by atoms with Gasteiger partial charge < -0.3 is 24.8 Å². The zero-order chi connectivity index (χ0) is 31.8. The molecule has 254 valence electrons. The molecule has 2 aromatic heterocycles. The molecule has 0 radical (unpaired) electrons. The predicted octanol–water partition coefficient (Wildman–Crippen LogP) is 4.67. The molecular formula is C33H43NaO9S4. The molecular weight excluding hydrogens is 692 g/mol. The molecule has 0 aliphatic rings. The van der Waals surface area contributed by atoms with Crippen LogP contribution in [0.4, 0.5) is 0 Å². The molecule has 0 aliphatic carbocycles. The molecule has 9 nitrogen and oxygen atoms in total. The van der Waals surface area contributed by atoms with Crippen molar-refractivity contribution >= 4 is 93.3 Å². The Bertz CT molecular complexity index is 1570. The van der Waals surface area contributed by atoms with Gasteiger partial charge in [0.2, 0.25) is 0 Å². The van der Waals surface area contributed by atoms with Gasteiger partial charge in [0.05, 0.1) is 42.9 Å². The second-order valence-electron chi connectivity index (χ2n) is 10.3. The van der Waals surface area contributed by atoms with E-state index in [1.807, 2.05) is 30.3 Å². The Morgan fingerprint density at radius 2 is 1.09 bits per heavy atom. The molecule has 0 bridgehead atoms. The third kappa shape index (κ3) is 12.1. The fourth-order valence-corrected chi connectivity index (χ4v) is 6.67. The van der Waals surface area contributed by atoms with Crippen LogP contribution in [0, 0.1) is 11.8 Å². The Balaban J connectivity index is 0.